The lowest BCUT2D eigenvalue weighted by atomic mass is 10.2. The van der Waals surface area contributed by atoms with Gasteiger partial charge in [-0.3, -0.25) is 4.79 Å². The molecule has 0 spiro atoms. The number of methoxy groups -OCH3 is 1. The lowest BCUT2D eigenvalue weighted by Gasteiger charge is -2.23. The molecule has 0 radical (unpaired) electrons. The molecule has 1 atom stereocenters. The van der Waals surface area contributed by atoms with Crippen molar-refractivity contribution in [3.63, 3.8) is 0 Å². The molecule has 1 unspecified atom stereocenters. The summed E-state index contributed by atoms with van der Waals surface area (Å²) in [7, 11) is 3.29. The third-order valence-corrected chi connectivity index (χ3v) is 3.35. The van der Waals surface area contributed by atoms with E-state index in [2.05, 4.69) is 0 Å². The molecule has 0 saturated heterocycles. The number of hydrogen-bond donors (Lipinski definition) is 0. The normalized spacial score (nSPS) is 11.8. The lowest BCUT2D eigenvalue weighted by Crippen LogP contribution is -2.33. The van der Waals surface area contributed by atoms with Crippen LogP contribution in [0.1, 0.15) is 18.7 Å². The van der Waals surface area contributed by atoms with Gasteiger partial charge in [0, 0.05) is 7.05 Å². The zero-order chi connectivity index (χ0) is 15.2. The minimum absolute atomic E-state index is 0.0536. The lowest BCUT2D eigenvalue weighted by molar-refractivity contribution is -0.134. The van der Waals surface area contributed by atoms with Gasteiger partial charge >= 0.3 is 0 Å². The highest BCUT2D eigenvalue weighted by Gasteiger charge is 2.20. The van der Waals surface area contributed by atoms with Crippen molar-refractivity contribution in [2.75, 3.05) is 20.8 Å². The van der Waals surface area contributed by atoms with Crippen molar-refractivity contribution < 1.29 is 18.7 Å². The summed E-state index contributed by atoms with van der Waals surface area (Å²) in [6.45, 7) is 1.85. The first-order chi connectivity index (χ1) is 10.1. The number of benzene rings is 1. The number of carbonyl (C=O) groups is 1. The Kier molecular flexibility index (Phi) is 4.87. The topological polar surface area (TPSA) is 51.9 Å². The van der Waals surface area contributed by atoms with Gasteiger partial charge in [-0.25, -0.2) is 0 Å². The first kappa shape index (κ1) is 15.0. The van der Waals surface area contributed by atoms with Crippen molar-refractivity contribution in [1.29, 1.82) is 0 Å². The summed E-state index contributed by atoms with van der Waals surface area (Å²) in [6.07, 6.45) is 1.59. The van der Waals surface area contributed by atoms with Gasteiger partial charge in [-0.15, -0.1) is 0 Å². The van der Waals surface area contributed by atoms with Crippen LogP contribution in [0.5, 0.6) is 11.5 Å². The molecule has 2 aromatic rings. The molecule has 0 saturated carbocycles. The van der Waals surface area contributed by atoms with E-state index in [1.165, 1.54) is 0 Å². The SMILES string of the molecule is COc1ccccc1OCC(=O)N(C)C(C)c1ccco1. The molecular formula is C16H19NO4. The monoisotopic (exact) mass is 289 g/mol. The molecule has 1 heterocycles. The van der Waals surface area contributed by atoms with Gasteiger partial charge in [0.2, 0.25) is 0 Å². The van der Waals surface area contributed by atoms with E-state index in [4.69, 9.17) is 13.9 Å². The summed E-state index contributed by atoms with van der Waals surface area (Å²) >= 11 is 0. The van der Waals surface area contributed by atoms with Gasteiger partial charge in [0.1, 0.15) is 5.76 Å². The van der Waals surface area contributed by atoms with E-state index < -0.39 is 0 Å². The molecule has 0 aliphatic heterocycles. The van der Waals surface area contributed by atoms with Crippen molar-refractivity contribution >= 4 is 5.91 Å². The molecule has 1 aromatic carbocycles. The van der Waals surface area contributed by atoms with E-state index in [0.29, 0.717) is 11.5 Å². The zero-order valence-corrected chi connectivity index (χ0v) is 12.4. The van der Waals surface area contributed by atoms with E-state index in [0.717, 1.165) is 5.76 Å². The second-order valence-corrected chi connectivity index (χ2v) is 4.64. The standard InChI is InChI=1S/C16H19NO4/c1-12(13-9-6-10-20-13)17(2)16(18)11-21-15-8-5-4-7-14(15)19-3/h4-10,12H,11H2,1-3H3. The number of para-hydroxylation sites is 2. The van der Waals surface area contributed by atoms with Crippen LogP contribution in [0.2, 0.25) is 0 Å². The Morgan fingerprint density at radius 1 is 1.24 bits per heavy atom. The molecule has 0 N–H and O–H groups in total. The number of rotatable bonds is 6. The zero-order valence-electron chi connectivity index (χ0n) is 12.4. The van der Waals surface area contributed by atoms with Crippen molar-refractivity contribution in [3.05, 3.63) is 48.4 Å². The molecule has 0 bridgehead atoms. The Bertz CT molecular complexity index is 580. The average Bonchev–Trinajstić information content (AvgIpc) is 3.05. The fraction of sp³-hybridized carbons (Fsp3) is 0.312. The number of amides is 1. The van der Waals surface area contributed by atoms with Crippen LogP contribution in [-0.2, 0) is 4.79 Å². The second-order valence-electron chi connectivity index (χ2n) is 4.64. The molecule has 0 fully saturated rings. The maximum absolute atomic E-state index is 12.2. The molecule has 2 rings (SSSR count). The largest absolute Gasteiger partial charge is 0.493 e. The van der Waals surface area contributed by atoms with Crippen LogP contribution in [-0.4, -0.2) is 31.6 Å². The third kappa shape index (κ3) is 3.56. The maximum Gasteiger partial charge on any atom is 0.260 e. The molecule has 0 aliphatic rings. The second kappa shape index (κ2) is 6.83. The fourth-order valence-corrected chi connectivity index (χ4v) is 1.92. The fourth-order valence-electron chi connectivity index (χ4n) is 1.92. The third-order valence-electron chi connectivity index (χ3n) is 3.35. The Labute approximate surface area is 124 Å². The molecule has 5 heteroatoms. The minimum atomic E-state index is -0.145. The molecular weight excluding hydrogens is 270 g/mol. The molecule has 0 aliphatic carbocycles. The summed E-state index contributed by atoms with van der Waals surface area (Å²) in [5.41, 5.74) is 0. The molecule has 1 aromatic heterocycles. The number of hydrogen-bond acceptors (Lipinski definition) is 4. The summed E-state index contributed by atoms with van der Waals surface area (Å²) < 4.78 is 16.0. The van der Waals surface area contributed by atoms with Gasteiger partial charge in [0.25, 0.3) is 5.91 Å². The number of carbonyl (C=O) groups excluding carboxylic acids is 1. The van der Waals surface area contributed by atoms with Crippen molar-refractivity contribution in [2.45, 2.75) is 13.0 Å². The number of furan rings is 1. The summed E-state index contributed by atoms with van der Waals surface area (Å²) in [4.78, 5) is 13.8. The number of ether oxygens (including phenoxy) is 2. The number of nitrogens with zero attached hydrogens (tertiary/aromatic N) is 1. The van der Waals surface area contributed by atoms with Crippen LogP contribution < -0.4 is 9.47 Å². The predicted octanol–water partition coefficient (Wildman–Crippen LogP) is 2.89. The highest BCUT2D eigenvalue weighted by atomic mass is 16.5. The summed E-state index contributed by atoms with van der Waals surface area (Å²) in [5.74, 6) is 1.76. The molecule has 112 valence electrons. The smallest absolute Gasteiger partial charge is 0.260 e. The Morgan fingerprint density at radius 3 is 2.57 bits per heavy atom. The Morgan fingerprint density at radius 2 is 1.95 bits per heavy atom. The van der Waals surface area contributed by atoms with E-state index in [1.807, 2.05) is 25.1 Å². The van der Waals surface area contributed by atoms with E-state index in [-0.39, 0.29) is 18.6 Å². The van der Waals surface area contributed by atoms with Gasteiger partial charge in [-0.2, -0.15) is 0 Å². The van der Waals surface area contributed by atoms with Crippen LogP contribution >= 0.6 is 0 Å². The van der Waals surface area contributed by atoms with Crippen LogP contribution in [0.3, 0.4) is 0 Å². The predicted molar refractivity (Wildman–Crippen MR) is 78.4 cm³/mol. The van der Waals surface area contributed by atoms with Crippen molar-refractivity contribution in [1.82, 2.24) is 4.90 Å². The van der Waals surface area contributed by atoms with Crippen molar-refractivity contribution in [2.24, 2.45) is 0 Å². The van der Waals surface area contributed by atoms with Crippen LogP contribution in [0, 0.1) is 0 Å². The minimum Gasteiger partial charge on any atom is -0.493 e. The van der Waals surface area contributed by atoms with E-state index >= 15 is 0 Å². The quantitative estimate of drug-likeness (QED) is 0.820. The van der Waals surface area contributed by atoms with Crippen LogP contribution in [0.15, 0.2) is 47.1 Å². The van der Waals surface area contributed by atoms with Gasteiger partial charge in [-0.05, 0) is 31.2 Å². The van der Waals surface area contributed by atoms with Gasteiger partial charge in [0.15, 0.2) is 18.1 Å². The Hall–Kier alpha value is -2.43. The van der Waals surface area contributed by atoms with E-state index in [9.17, 15) is 4.79 Å². The summed E-state index contributed by atoms with van der Waals surface area (Å²) in [6, 6.07) is 10.7. The number of likely N-dealkylation sites (N-methyl/N-ethyl adjacent to an activating group) is 1. The van der Waals surface area contributed by atoms with Crippen molar-refractivity contribution in [3.8, 4) is 11.5 Å². The molecule has 21 heavy (non-hydrogen) atoms. The van der Waals surface area contributed by atoms with Crippen LogP contribution in [0.25, 0.3) is 0 Å². The highest BCUT2D eigenvalue weighted by molar-refractivity contribution is 5.78. The Balaban J connectivity index is 1.95. The highest BCUT2D eigenvalue weighted by Crippen LogP contribution is 2.26. The maximum atomic E-state index is 12.2. The first-order valence-corrected chi connectivity index (χ1v) is 6.68. The average molecular weight is 289 g/mol. The van der Waals surface area contributed by atoms with Gasteiger partial charge in [0.05, 0.1) is 19.4 Å². The molecule has 1 amide bonds. The van der Waals surface area contributed by atoms with Crippen LogP contribution in [0.4, 0.5) is 0 Å². The first-order valence-electron chi connectivity index (χ1n) is 6.68. The summed E-state index contributed by atoms with van der Waals surface area (Å²) in [5, 5.41) is 0. The van der Waals surface area contributed by atoms with E-state index in [1.54, 1.807) is 43.5 Å². The van der Waals surface area contributed by atoms with Gasteiger partial charge < -0.3 is 18.8 Å². The van der Waals surface area contributed by atoms with Gasteiger partial charge in [-0.1, -0.05) is 12.1 Å². The molecule has 5 nitrogen and oxygen atoms in total.